The molecule has 0 spiro atoms. The summed E-state index contributed by atoms with van der Waals surface area (Å²) in [5, 5.41) is 2.92. The topological polar surface area (TPSA) is 48.1 Å². The van der Waals surface area contributed by atoms with Crippen molar-refractivity contribution < 1.29 is 4.74 Å². The maximum atomic E-state index is 6.03. The molecule has 0 aliphatic carbocycles. The zero-order valence-electron chi connectivity index (χ0n) is 10.8. The van der Waals surface area contributed by atoms with Crippen LogP contribution < -0.4 is 10.5 Å². The summed E-state index contributed by atoms with van der Waals surface area (Å²) in [4.78, 5) is 4.22. The summed E-state index contributed by atoms with van der Waals surface area (Å²) >= 11 is 5.14. The minimum atomic E-state index is 0.163. The molecule has 0 radical (unpaired) electrons. The molecule has 2 N–H and O–H groups in total. The van der Waals surface area contributed by atoms with Gasteiger partial charge in [0.2, 0.25) is 0 Å². The third-order valence-electron chi connectivity index (χ3n) is 2.88. The van der Waals surface area contributed by atoms with Crippen molar-refractivity contribution in [3.8, 4) is 5.75 Å². The summed E-state index contributed by atoms with van der Waals surface area (Å²) in [5.41, 5.74) is 7.17. The number of nitrogens with two attached hydrogens (primary N) is 1. The van der Waals surface area contributed by atoms with E-state index in [4.69, 9.17) is 10.5 Å². The maximum absolute atomic E-state index is 6.03. The average Bonchev–Trinajstić information content (AvgIpc) is 2.91. The lowest BCUT2D eigenvalue weighted by molar-refractivity contribution is 0.299. The van der Waals surface area contributed by atoms with E-state index in [1.54, 1.807) is 17.5 Å². The van der Waals surface area contributed by atoms with Crippen molar-refractivity contribution in [3.63, 3.8) is 0 Å². The number of rotatable bonds is 6. The smallest absolute Gasteiger partial charge is 0.140 e. The quantitative estimate of drug-likeness (QED) is 0.870. The second-order valence-electron chi connectivity index (χ2n) is 4.32. The predicted octanol–water partition coefficient (Wildman–Crippen LogP) is 3.76. The van der Waals surface area contributed by atoms with Crippen molar-refractivity contribution in [1.29, 1.82) is 0 Å². The van der Waals surface area contributed by atoms with Crippen LogP contribution in [0.15, 0.2) is 34.2 Å². The van der Waals surface area contributed by atoms with Crippen LogP contribution >= 0.6 is 27.3 Å². The monoisotopic (exact) mass is 340 g/mol. The highest BCUT2D eigenvalue weighted by Gasteiger charge is 2.11. The fraction of sp³-hybridized carbons (Fsp3) is 0.357. The van der Waals surface area contributed by atoms with Crippen LogP contribution in [0.1, 0.15) is 23.9 Å². The molecule has 0 amide bonds. The Bertz CT molecular complexity index is 516. The first-order valence-electron chi connectivity index (χ1n) is 6.24. The number of benzene rings is 1. The van der Waals surface area contributed by atoms with Gasteiger partial charge in [-0.2, -0.15) is 0 Å². The molecule has 1 aromatic heterocycles. The van der Waals surface area contributed by atoms with E-state index in [0.717, 1.165) is 33.6 Å². The molecule has 5 heteroatoms. The Hall–Kier alpha value is -0.910. The van der Waals surface area contributed by atoms with Gasteiger partial charge in [-0.3, -0.25) is 0 Å². The van der Waals surface area contributed by atoms with Gasteiger partial charge in [0.1, 0.15) is 17.4 Å². The Morgan fingerprint density at radius 2 is 2.32 bits per heavy atom. The lowest BCUT2D eigenvalue weighted by Gasteiger charge is -2.15. The van der Waals surface area contributed by atoms with E-state index in [1.165, 1.54) is 0 Å². The number of ether oxygens (including phenoxy) is 1. The molecule has 0 bridgehead atoms. The van der Waals surface area contributed by atoms with Crippen molar-refractivity contribution in [3.05, 3.63) is 44.8 Å². The van der Waals surface area contributed by atoms with E-state index in [2.05, 4.69) is 33.9 Å². The van der Waals surface area contributed by atoms with Gasteiger partial charge in [0.25, 0.3) is 0 Å². The van der Waals surface area contributed by atoms with Gasteiger partial charge in [-0.05, 0) is 40.4 Å². The highest BCUT2D eigenvalue weighted by molar-refractivity contribution is 9.10. The van der Waals surface area contributed by atoms with Crippen LogP contribution in [-0.4, -0.2) is 11.0 Å². The normalized spacial score (nSPS) is 12.4. The lowest BCUT2D eigenvalue weighted by Crippen LogP contribution is -2.21. The second kappa shape index (κ2) is 7.03. The van der Waals surface area contributed by atoms with Crippen molar-refractivity contribution in [2.24, 2.45) is 5.73 Å². The summed E-state index contributed by atoms with van der Waals surface area (Å²) in [6.45, 7) is 2.59. The molecule has 0 saturated heterocycles. The molecule has 2 aromatic rings. The first-order valence-corrected chi connectivity index (χ1v) is 7.92. The van der Waals surface area contributed by atoms with E-state index in [0.29, 0.717) is 6.61 Å². The minimum Gasteiger partial charge on any atom is -0.485 e. The molecular formula is C14H17BrN2OS. The number of para-hydroxylation sites is 1. The van der Waals surface area contributed by atoms with Gasteiger partial charge in [0, 0.05) is 17.6 Å². The molecule has 0 aliphatic heterocycles. The molecule has 3 nitrogen and oxygen atoms in total. The average molecular weight is 341 g/mol. The number of hydrogen-bond donors (Lipinski definition) is 1. The van der Waals surface area contributed by atoms with E-state index in [-0.39, 0.29) is 6.04 Å². The van der Waals surface area contributed by atoms with Gasteiger partial charge in [-0.1, -0.05) is 19.1 Å². The Balaban J connectivity index is 2.13. The van der Waals surface area contributed by atoms with Crippen LogP contribution in [0.3, 0.4) is 0 Å². The number of nitrogens with zero attached hydrogens (tertiary/aromatic N) is 1. The lowest BCUT2D eigenvalue weighted by atomic mass is 10.0. The highest BCUT2D eigenvalue weighted by atomic mass is 79.9. The van der Waals surface area contributed by atoms with E-state index in [9.17, 15) is 0 Å². The van der Waals surface area contributed by atoms with Gasteiger partial charge < -0.3 is 10.5 Å². The van der Waals surface area contributed by atoms with E-state index >= 15 is 0 Å². The van der Waals surface area contributed by atoms with Crippen LogP contribution in [0.4, 0.5) is 0 Å². The molecule has 2 rings (SSSR count). The van der Waals surface area contributed by atoms with Crippen LogP contribution in [0, 0.1) is 0 Å². The fourth-order valence-corrected chi connectivity index (χ4v) is 2.81. The van der Waals surface area contributed by atoms with Crippen LogP contribution in [0.5, 0.6) is 5.75 Å². The highest BCUT2D eigenvalue weighted by Crippen LogP contribution is 2.31. The summed E-state index contributed by atoms with van der Waals surface area (Å²) in [6.07, 6.45) is 3.57. The third kappa shape index (κ3) is 4.03. The largest absolute Gasteiger partial charge is 0.485 e. The summed E-state index contributed by atoms with van der Waals surface area (Å²) < 4.78 is 6.87. The number of aromatic nitrogens is 1. The predicted molar refractivity (Wildman–Crippen MR) is 82.6 cm³/mol. The maximum Gasteiger partial charge on any atom is 0.140 e. The van der Waals surface area contributed by atoms with Crippen molar-refractivity contribution in [1.82, 2.24) is 4.98 Å². The molecule has 0 aliphatic rings. The molecule has 102 valence electrons. The molecule has 1 heterocycles. The van der Waals surface area contributed by atoms with Gasteiger partial charge in [0.05, 0.1) is 4.47 Å². The Morgan fingerprint density at radius 3 is 3.00 bits per heavy atom. The third-order valence-corrected chi connectivity index (χ3v) is 4.26. The van der Waals surface area contributed by atoms with Crippen molar-refractivity contribution in [2.45, 2.75) is 32.4 Å². The van der Waals surface area contributed by atoms with Crippen LogP contribution in [-0.2, 0) is 13.0 Å². The Labute approximate surface area is 125 Å². The SMILES string of the molecule is CCC(N)Cc1cccc(Br)c1OCc1nccs1. The molecule has 0 fully saturated rings. The molecular weight excluding hydrogens is 324 g/mol. The summed E-state index contributed by atoms with van der Waals surface area (Å²) in [5.74, 6) is 0.876. The number of hydrogen-bond acceptors (Lipinski definition) is 4. The zero-order chi connectivity index (χ0) is 13.7. The van der Waals surface area contributed by atoms with Gasteiger partial charge >= 0.3 is 0 Å². The Morgan fingerprint density at radius 1 is 1.47 bits per heavy atom. The van der Waals surface area contributed by atoms with Gasteiger partial charge in [0.15, 0.2) is 0 Å². The molecule has 0 saturated carbocycles. The van der Waals surface area contributed by atoms with Crippen LogP contribution in [0.2, 0.25) is 0 Å². The Kier molecular flexibility index (Phi) is 5.36. The number of halogens is 1. The first kappa shape index (κ1) is 14.5. The van der Waals surface area contributed by atoms with Crippen molar-refractivity contribution >= 4 is 27.3 Å². The molecule has 1 atom stereocenters. The van der Waals surface area contributed by atoms with Gasteiger partial charge in [-0.15, -0.1) is 11.3 Å². The molecule has 19 heavy (non-hydrogen) atoms. The first-order chi connectivity index (χ1) is 9.20. The molecule has 1 aromatic carbocycles. The zero-order valence-corrected chi connectivity index (χ0v) is 13.2. The molecule has 1 unspecified atom stereocenters. The minimum absolute atomic E-state index is 0.163. The number of thiazole rings is 1. The summed E-state index contributed by atoms with van der Waals surface area (Å²) in [7, 11) is 0. The fourth-order valence-electron chi connectivity index (χ4n) is 1.76. The van der Waals surface area contributed by atoms with E-state index < -0.39 is 0 Å². The van der Waals surface area contributed by atoms with E-state index in [1.807, 2.05) is 17.5 Å². The van der Waals surface area contributed by atoms with Crippen LogP contribution in [0.25, 0.3) is 0 Å². The second-order valence-corrected chi connectivity index (χ2v) is 6.15. The standard InChI is InChI=1S/C14H17BrN2OS/c1-2-11(16)8-10-4-3-5-12(15)14(10)18-9-13-17-6-7-19-13/h3-7,11H,2,8-9,16H2,1H3. The summed E-state index contributed by atoms with van der Waals surface area (Å²) in [6, 6.07) is 6.23. The van der Waals surface area contributed by atoms with Crippen molar-refractivity contribution in [2.75, 3.05) is 0 Å². The van der Waals surface area contributed by atoms with Gasteiger partial charge in [-0.25, -0.2) is 4.98 Å².